The maximum Gasteiger partial charge on any atom is 0.0540 e. The molecule has 0 amide bonds. The minimum absolute atomic E-state index is 1.10. The van der Waals surface area contributed by atoms with Crippen LogP contribution in [-0.2, 0) is 0 Å². The molecule has 0 aliphatic rings. The molecule has 0 heterocycles. The van der Waals surface area contributed by atoms with E-state index in [4.69, 9.17) is 0 Å². The van der Waals surface area contributed by atoms with Crippen LogP contribution in [0.4, 0.5) is 17.1 Å². The minimum atomic E-state index is 1.10. The van der Waals surface area contributed by atoms with Crippen LogP contribution in [-0.4, -0.2) is 0 Å². The third-order valence-corrected chi connectivity index (χ3v) is 11.1. The molecule has 0 N–H and O–H groups in total. The number of anilines is 3. The first-order chi connectivity index (χ1) is 28.3. The van der Waals surface area contributed by atoms with Crippen LogP contribution in [0.5, 0.6) is 0 Å². The molecule has 0 saturated heterocycles. The fourth-order valence-corrected chi connectivity index (χ4v) is 8.48. The van der Waals surface area contributed by atoms with Crippen molar-refractivity contribution in [2.24, 2.45) is 0 Å². The number of rotatable bonds is 8. The Morgan fingerprint density at radius 1 is 0.228 bits per heavy atom. The lowest BCUT2D eigenvalue weighted by Crippen LogP contribution is -2.12. The summed E-state index contributed by atoms with van der Waals surface area (Å²) in [6.07, 6.45) is 0. The van der Waals surface area contributed by atoms with Gasteiger partial charge >= 0.3 is 0 Å². The van der Waals surface area contributed by atoms with Gasteiger partial charge in [-0.05, 0) is 90.3 Å². The highest BCUT2D eigenvalue weighted by Crippen LogP contribution is 2.49. The molecule has 10 aromatic rings. The zero-order chi connectivity index (χ0) is 38.0. The molecule has 0 spiro atoms. The Hall–Kier alpha value is -7.48. The zero-order valence-corrected chi connectivity index (χ0v) is 31.5. The number of fused-ring (bicyclic) bond motifs is 2. The van der Waals surface area contributed by atoms with E-state index in [0.717, 1.165) is 28.2 Å². The summed E-state index contributed by atoms with van der Waals surface area (Å²) >= 11 is 0. The van der Waals surface area contributed by atoms with Crippen molar-refractivity contribution in [1.29, 1.82) is 0 Å². The van der Waals surface area contributed by atoms with Crippen molar-refractivity contribution in [1.82, 2.24) is 0 Å². The van der Waals surface area contributed by atoms with E-state index in [2.05, 4.69) is 241 Å². The topological polar surface area (TPSA) is 3.24 Å². The molecule has 57 heavy (non-hydrogen) atoms. The molecule has 0 radical (unpaired) electrons. The molecule has 0 aliphatic carbocycles. The monoisotopic (exact) mass is 725 g/mol. The molecule has 1 nitrogen and oxygen atoms in total. The molecule has 0 aliphatic heterocycles. The van der Waals surface area contributed by atoms with Crippen molar-refractivity contribution in [3.05, 3.63) is 237 Å². The summed E-state index contributed by atoms with van der Waals surface area (Å²) in [5.41, 5.74) is 15.2. The number of hydrogen-bond donors (Lipinski definition) is 0. The molecule has 10 rings (SSSR count). The van der Waals surface area contributed by atoms with Crippen LogP contribution >= 0.6 is 0 Å². The first-order valence-corrected chi connectivity index (χ1v) is 19.6. The van der Waals surface area contributed by atoms with Crippen LogP contribution in [0.3, 0.4) is 0 Å². The highest BCUT2D eigenvalue weighted by atomic mass is 15.1. The van der Waals surface area contributed by atoms with Crippen molar-refractivity contribution in [2.75, 3.05) is 4.90 Å². The summed E-state index contributed by atoms with van der Waals surface area (Å²) in [5.74, 6) is 0. The van der Waals surface area contributed by atoms with Gasteiger partial charge in [0.15, 0.2) is 0 Å². The molecule has 0 unspecified atom stereocenters. The molecular formula is C56H39N. The molecular weight excluding hydrogens is 687 g/mol. The number of nitrogens with zero attached hydrogens (tertiary/aromatic N) is 1. The van der Waals surface area contributed by atoms with Crippen LogP contribution in [0.25, 0.3) is 77.2 Å². The van der Waals surface area contributed by atoms with Gasteiger partial charge in [0.25, 0.3) is 0 Å². The Morgan fingerprint density at radius 2 is 0.632 bits per heavy atom. The molecule has 268 valence electrons. The molecule has 0 atom stereocenters. The van der Waals surface area contributed by atoms with Gasteiger partial charge in [-0.15, -0.1) is 0 Å². The SMILES string of the molecule is c1ccc(-c2ccccc2-c2ccccc2-c2ccccc2N(c2ccc3ccccc3c2)c2ccccc2-c2cccc3cccc(-c4ccccc4)c23)cc1. The second kappa shape index (κ2) is 15.0. The summed E-state index contributed by atoms with van der Waals surface area (Å²) in [5, 5.41) is 4.87. The van der Waals surface area contributed by atoms with Crippen molar-refractivity contribution in [3.8, 4) is 55.6 Å². The highest BCUT2D eigenvalue weighted by molar-refractivity contribution is 6.09. The largest absolute Gasteiger partial charge is 0.309 e. The van der Waals surface area contributed by atoms with E-state index < -0.39 is 0 Å². The summed E-state index contributed by atoms with van der Waals surface area (Å²) in [7, 11) is 0. The molecule has 0 fully saturated rings. The first kappa shape index (κ1) is 34.0. The lowest BCUT2D eigenvalue weighted by Gasteiger charge is -2.31. The third-order valence-electron chi connectivity index (χ3n) is 11.1. The Kier molecular flexibility index (Phi) is 8.95. The molecule has 0 saturated carbocycles. The Morgan fingerprint density at radius 3 is 1.26 bits per heavy atom. The van der Waals surface area contributed by atoms with E-state index in [1.165, 1.54) is 66.1 Å². The van der Waals surface area contributed by atoms with Crippen molar-refractivity contribution in [2.45, 2.75) is 0 Å². The van der Waals surface area contributed by atoms with Gasteiger partial charge in [0, 0.05) is 16.8 Å². The van der Waals surface area contributed by atoms with Gasteiger partial charge in [-0.1, -0.05) is 212 Å². The smallest absolute Gasteiger partial charge is 0.0540 e. The van der Waals surface area contributed by atoms with Gasteiger partial charge in [0.1, 0.15) is 0 Å². The second-order valence-electron chi connectivity index (χ2n) is 14.4. The highest BCUT2D eigenvalue weighted by Gasteiger charge is 2.23. The van der Waals surface area contributed by atoms with E-state index in [1.54, 1.807) is 0 Å². The Balaban J connectivity index is 1.23. The van der Waals surface area contributed by atoms with Crippen molar-refractivity contribution in [3.63, 3.8) is 0 Å². The summed E-state index contributed by atoms with van der Waals surface area (Å²) < 4.78 is 0. The normalized spacial score (nSPS) is 11.2. The predicted molar refractivity (Wildman–Crippen MR) is 243 cm³/mol. The fourth-order valence-electron chi connectivity index (χ4n) is 8.48. The molecule has 10 aromatic carbocycles. The van der Waals surface area contributed by atoms with Gasteiger partial charge in [0.05, 0.1) is 11.4 Å². The van der Waals surface area contributed by atoms with Gasteiger partial charge in [-0.3, -0.25) is 0 Å². The van der Waals surface area contributed by atoms with Gasteiger partial charge in [-0.2, -0.15) is 0 Å². The average molecular weight is 726 g/mol. The summed E-state index contributed by atoms with van der Waals surface area (Å²) in [6, 6.07) is 85.7. The zero-order valence-electron chi connectivity index (χ0n) is 31.5. The average Bonchev–Trinajstić information content (AvgIpc) is 3.29. The minimum Gasteiger partial charge on any atom is -0.309 e. The fraction of sp³-hybridized carbons (Fsp3) is 0. The molecule has 0 aromatic heterocycles. The van der Waals surface area contributed by atoms with Crippen LogP contribution in [0.2, 0.25) is 0 Å². The number of benzene rings is 10. The van der Waals surface area contributed by atoms with E-state index in [0.29, 0.717) is 0 Å². The Bertz CT molecular complexity index is 3010. The van der Waals surface area contributed by atoms with Gasteiger partial charge < -0.3 is 4.90 Å². The molecule has 1 heteroatoms. The van der Waals surface area contributed by atoms with Crippen LogP contribution in [0.15, 0.2) is 237 Å². The van der Waals surface area contributed by atoms with Gasteiger partial charge in [-0.25, -0.2) is 0 Å². The standard InChI is InChI=1S/C56H39N/c1-3-20-41(21-4-1)46-27-9-10-28-48(46)49-29-11-12-30-50(49)51-31-13-15-35-54(51)57(45-38-37-40-19-7-8-24-44(40)39-45)55-36-16-14-32-52(55)53-34-18-26-43-25-17-33-47(56(43)53)42-22-5-2-6-23-42/h1-39H. The summed E-state index contributed by atoms with van der Waals surface area (Å²) in [4.78, 5) is 2.47. The van der Waals surface area contributed by atoms with E-state index >= 15 is 0 Å². The third kappa shape index (κ3) is 6.36. The van der Waals surface area contributed by atoms with E-state index in [1.807, 2.05) is 0 Å². The van der Waals surface area contributed by atoms with Crippen LogP contribution in [0.1, 0.15) is 0 Å². The quantitative estimate of drug-likeness (QED) is 0.151. The Labute approximate surface area is 334 Å². The molecule has 0 bridgehead atoms. The number of hydrogen-bond acceptors (Lipinski definition) is 1. The second-order valence-corrected chi connectivity index (χ2v) is 14.4. The van der Waals surface area contributed by atoms with Crippen molar-refractivity contribution < 1.29 is 0 Å². The maximum atomic E-state index is 2.47. The van der Waals surface area contributed by atoms with Crippen LogP contribution in [0, 0.1) is 0 Å². The van der Waals surface area contributed by atoms with E-state index in [-0.39, 0.29) is 0 Å². The lowest BCUT2D eigenvalue weighted by atomic mass is 9.88. The first-order valence-electron chi connectivity index (χ1n) is 19.6. The predicted octanol–water partition coefficient (Wildman–Crippen LogP) is 15.8. The van der Waals surface area contributed by atoms with Crippen LogP contribution < -0.4 is 4.90 Å². The maximum absolute atomic E-state index is 2.47. The van der Waals surface area contributed by atoms with E-state index in [9.17, 15) is 0 Å². The summed E-state index contributed by atoms with van der Waals surface area (Å²) in [6.45, 7) is 0. The van der Waals surface area contributed by atoms with Crippen molar-refractivity contribution >= 4 is 38.6 Å². The van der Waals surface area contributed by atoms with Gasteiger partial charge in [0.2, 0.25) is 0 Å². The lowest BCUT2D eigenvalue weighted by molar-refractivity contribution is 1.29. The number of para-hydroxylation sites is 2.